The molecule has 0 unspecified atom stereocenters. The molecule has 0 fully saturated rings. The lowest BCUT2D eigenvalue weighted by Gasteiger charge is -2.18. The third-order valence-corrected chi connectivity index (χ3v) is 6.82. The van der Waals surface area contributed by atoms with Crippen LogP contribution in [0.15, 0.2) is 57.8 Å². The van der Waals surface area contributed by atoms with Crippen LogP contribution in [0.3, 0.4) is 0 Å². The number of nitrogens with zero attached hydrogens (tertiary/aromatic N) is 3. The van der Waals surface area contributed by atoms with Gasteiger partial charge < -0.3 is 9.73 Å². The second kappa shape index (κ2) is 9.11. The summed E-state index contributed by atoms with van der Waals surface area (Å²) in [6.07, 6.45) is 0. The number of aromatic nitrogens is 1. The molecular formula is C22H24N4O3S. The van der Waals surface area contributed by atoms with E-state index in [1.54, 1.807) is 26.0 Å². The van der Waals surface area contributed by atoms with E-state index in [1.807, 2.05) is 37.3 Å². The van der Waals surface area contributed by atoms with Gasteiger partial charge >= 0.3 is 0 Å². The van der Waals surface area contributed by atoms with Crippen LogP contribution < -0.4 is 5.32 Å². The number of hydrogen-bond donors (Lipinski definition) is 1. The molecule has 0 atom stereocenters. The molecule has 8 heteroatoms. The molecule has 1 aromatic heterocycles. The van der Waals surface area contributed by atoms with E-state index in [2.05, 4.69) is 10.3 Å². The fourth-order valence-corrected chi connectivity index (χ4v) is 4.47. The van der Waals surface area contributed by atoms with E-state index in [0.717, 1.165) is 5.56 Å². The molecular weight excluding hydrogens is 400 g/mol. The van der Waals surface area contributed by atoms with Crippen LogP contribution in [0.1, 0.15) is 30.7 Å². The summed E-state index contributed by atoms with van der Waals surface area (Å²) in [5.74, 6) is 0.539. The van der Waals surface area contributed by atoms with E-state index >= 15 is 0 Å². The summed E-state index contributed by atoms with van der Waals surface area (Å²) in [4.78, 5) is 4.44. The number of hydrogen-bond acceptors (Lipinski definition) is 6. The predicted molar refractivity (Wildman–Crippen MR) is 115 cm³/mol. The van der Waals surface area contributed by atoms with Crippen molar-refractivity contribution in [3.8, 4) is 17.5 Å². The van der Waals surface area contributed by atoms with Crippen molar-refractivity contribution in [1.82, 2.24) is 9.29 Å². The summed E-state index contributed by atoms with van der Waals surface area (Å²) in [6.45, 7) is 6.92. The fourth-order valence-electron chi connectivity index (χ4n) is 3.01. The number of rotatable bonds is 8. The van der Waals surface area contributed by atoms with Crippen molar-refractivity contribution in [2.24, 2.45) is 0 Å². The molecule has 0 amide bonds. The van der Waals surface area contributed by atoms with E-state index < -0.39 is 10.0 Å². The van der Waals surface area contributed by atoms with Crippen LogP contribution in [-0.2, 0) is 16.6 Å². The fraction of sp³-hybridized carbons (Fsp3) is 0.273. The van der Waals surface area contributed by atoms with Gasteiger partial charge in [-0.3, -0.25) is 0 Å². The molecule has 0 spiro atoms. The van der Waals surface area contributed by atoms with Gasteiger partial charge in [0.1, 0.15) is 6.07 Å². The van der Waals surface area contributed by atoms with Crippen molar-refractivity contribution < 1.29 is 12.8 Å². The summed E-state index contributed by atoms with van der Waals surface area (Å²) in [6, 6.07) is 16.4. The standard InChI is InChI=1S/C22H24N4O3S/c1-4-26(5-2)30(27,28)19-12-10-18(11-13-19)21-25-20(14-23)22(29-21)24-15-17-8-6-16(3)7-9-17/h6-13,24H,4-5,15H2,1-3H3. The summed E-state index contributed by atoms with van der Waals surface area (Å²) < 4.78 is 32.4. The van der Waals surface area contributed by atoms with Gasteiger partial charge in [0.15, 0.2) is 0 Å². The Morgan fingerprint density at radius 2 is 1.70 bits per heavy atom. The molecule has 3 aromatic rings. The van der Waals surface area contributed by atoms with Crippen molar-refractivity contribution >= 4 is 15.9 Å². The van der Waals surface area contributed by atoms with E-state index in [4.69, 9.17) is 4.42 Å². The molecule has 0 aliphatic rings. The minimum absolute atomic E-state index is 0.150. The molecule has 7 nitrogen and oxygen atoms in total. The highest BCUT2D eigenvalue weighted by atomic mass is 32.2. The highest BCUT2D eigenvalue weighted by Gasteiger charge is 2.22. The maximum atomic E-state index is 12.6. The van der Waals surface area contributed by atoms with Gasteiger partial charge in [-0.1, -0.05) is 43.7 Å². The van der Waals surface area contributed by atoms with E-state index in [9.17, 15) is 13.7 Å². The number of oxazole rings is 1. The summed E-state index contributed by atoms with van der Waals surface area (Å²) in [7, 11) is -3.53. The summed E-state index contributed by atoms with van der Waals surface area (Å²) >= 11 is 0. The van der Waals surface area contributed by atoms with Crippen LogP contribution in [-0.4, -0.2) is 30.8 Å². The second-order valence-corrected chi connectivity index (χ2v) is 8.70. The minimum atomic E-state index is -3.53. The highest BCUT2D eigenvalue weighted by Crippen LogP contribution is 2.27. The zero-order valence-electron chi connectivity index (χ0n) is 17.2. The van der Waals surface area contributed by atoms with Gasteiger partial charge in [-0.15, -0.1) is 0 Å². The monoisotopic (exact) mass is 424 g/mol. The maximum Gasteiger partial charge on any atom is 0.243 e. The Labute approximate surface area is 177 Å². The van der Waals surface area contributed by atoms with Gasteiger partial charge in [0.05, 0.1) is 4.90 Å². The molecule has 0 radical (unpaired) electrons. The maximum absolute atomic E-state index is 12.6. The van der Waals surface area contributed by atoms with Crippen LogP contribution in [0.2, 0.25) is 0 Å². The first-order valence-electron chi connectivity index (χ1n) is 9.70. The largest absolute Gasteiger partial charge is 0.419 e. The Balaban J connectivity index is 1.81. The van der Waals surface area contributed by atoms with Crippen LogP contribution in [0, 0.1) is 18.3 Å². The van der Waals surface area contributed by atoms with Gasteiger partial charge in [0.25, 0.3) is 0 Å². The minimum Gasteiger partial charge on any atom is -0.419 e. The highest BCUT2D eigenvalue weighted by molar-refractivity contribution is 7.89. The zero-order valence-corrected chi connectivity index (χ0v) is 18.0. The Morgan fingerprint density at radius 3 is 2.27 bits per heavy atom. The summed E-state index contributed by atoms with van der Waals surface area (Å²) in [5, 5.41) is 12.5. The van der Waals surface area contributed by atoms with Crippen LogP contribution in [0.25, 0.3) is 11.5 Å². The molecule has 0 bridgehead atoms. The Hall–Kier alpha value is -3.15. The lowest BCUT2D eigenvalue weighted by Crippen LogP contribution is -2.30. The third kappa shape index (κ3) is 4.53. The van der Waals surface area contributed by atoms with Crippen molar-refractivity contribution in [3.63, 3.8) is 0 Å². The second-order valence-electron chi connectivity index (χ2n) is 6.76. The number of aryl methyl sites for hydroxylation is 1. The molecule has 30 heavy (non-hydrogen) atoms. The number of nitrogens with one attached hydrogen (secondary N) is 1. The first kappa shape index (κ1) is 21.6. The number of anilines is 1. The van der Waals surface area contributed by atoms with Gasteiger partial charge in [0.2, 0.25) is 27.5 Å². The Kier molecular flexibility index (Phi) is 6.55. The molecule has 0 aliphatic carbocycles. The van der Waals surface area contributed by atoms with Crippen molar-refractivity contribution in [1.29, 1.82) is 5.26 Å². The number of sulfonamides is 1. The van der Waals surface area contributed by atoms with E-state index in [-0.39, 0.29) is 22.4 Å². The molecule has 1 heterocycles. The van der Waals surface area contributed by atoms with Gasteiger partial charge in [-0.25, -0.2) is 8.42 Å². The molecule has 0 saturated carbocycles. The van der Waals surface area contributed by atoms with Crippen molar-refractivity contribution in [3.05, 3.63) is 65.4 Å². The quantitative estimate of drug-likeness (QED) is 0.583. The molecule has 156 valence electrons. The van der Waals surface area contributed by atoms with E-state index in [0.29, 0.717) is 25.2 Å². The molecule has 0 aliphatic heterocycles. The van der Waals surface area contributed by atoms with Crippen LogP contribution in [0.4, 0.5) is 5.88 Å². The first-order chi connectivity index (χ1) is 14.4. The number of nitriles is 1. The number of benzene rings is 2. The predicted octanol–water partition coefficient (Wildman–Crippen LogP) is 4.16. The van der Waals surface area contributed by atoms with Gasteiger partial charge in [-0.2, -0.15) is 14.6 Å². The first-order valence-corrected chi connectivity index (χ1v) is 11.1. The molecule has 1 N–H and O–H groups in total. The Bertz CT molecular complexity index is 1140. The topological polar surface area (TPSA) is 99.2 Å². The van der Waals surface area contributed by atoms with Crippen molar-refractivity contribution in [2.45, 2.75) is 32.2 Å². The van der Waals surface area contributed by atoms with Crippen molar-refractivity contribution in [2.75, 3.05) is 18.4 Å². The lowest BCUT2D eigenvalue weighted by atomic mass is 10.1. The average molecular weight is 425 g/mol. The smallest absolute Gasteiger partial charge is 0.243 e. The lowest BCUT2D eigenvalue weighted by molar-refractivity contribution is 0.445. The average Bonchev–Trinajstić information content (AvgIpc) is 3.17. The Morgan fingerprint density at radius 1 is 1.07 bits per heavy atom. The normalized spacial score (nSPS) is 11.4. The SMILES string of the molecule is CCN(CC)S(=O)(=O)c1ccc(-c2nc(C#N)c(NCc3ccc(C)cc3)o2)cc1. The van der Waals surface area contributed by atoms with Gasteiger partial charge in [-0.05, 0) is 36.8 Å². The molecule has 2 aromatic carbocycles. The molecule has 0 saturated heterocycles. The van der Waals surface area contributed by atoms with Gasteiger partial charge in [0, 0.05) is 25.2 Å². The third-order valence-electron chi connectivity index (χ3n) is 4.75. The van der Waals surface area contributed by atoms with Crippen LogP contribution in [0.5, 0.6) is 0 Å². The summed E-state index contributed by atoms with van der Waals surface area (Å²) in [5.41, 5.74) is 2.96. The van der Waals surface area contributed by atoms with Crippen LogP contribution >= 0.6 is 0 Å². The molecule has 3 rings (SSSR count). The van der Waals surface area contributed by atoms with E-state index in [1.165, 1.54) is 22.0 Å². The zero-order chi connectivity index (χ0) is 21.7.